The first-order chi connectivity index (χ1) is 13.4. The summed E-state index contributed by atoms with van der Waals surface area (Å²) in [7, 11) is 0. The number of benzene rings is 1. The van der Waals surface area contributed by atoms with E-state index < -0.39 is 17.9 Å². The second-order valence-corrected chi connectivity index (χ2v) is 6.68. The number of carbonyl (C=O) groups excluding carboxylic acids is 2. The minimum atomic E-state index is -1.13. The van der Waals surface area contributed by atoms with Crippen molar-refractivity contribution in [1.82, 2.24) is 0 Å². The molecule has 152 valence electrons. The monoisotopic (exact) mass is 390 g/mol. The Morgan fingerprint density at radius 1 is 1.21 bits per heavy atom. The van der Waals surface area contributed by atoms with Crippen molar-refractivity contribution in [1.29, 1.82) is 0 Å². The van der Waals surface area contributed by atoms with Crippen LogP contribution in [0.3, 0.4) is 0 Å². The minimum absolute atomic E-state index is 0.0154. The van der Waals surface area contributed by atoms with Gasteiger partial charge in [0.05, 0.1) is 24.3 Å². The number of epoxide rings is 1. The molecule has 2 rings (SSSR count). The third kappa shape index (κ3) is 6.49. The van der Waals surface area contributed by atoms with E-state index in [1.54, 1.807) is 6.07 Å². The van der Waals surface area contributed by atoms with Crippen LogP contribution in [-0.2, 0) is 25.4 Å². The molecule has 0 spiro atoms. The van der Waals surface area contributed by atoms with Crippen molar-refractivity contribution in [2.45, 2.75) is 45.1 Å². The van der Waals surface area contributed by atoms with E-state index >= 15 is 0 Å². The van der Waals surface area contributed by atoms with Gasteiger partial charge in [0.25, 0.3) is 0 Å². The van der Waals surface area contributed by atoms with E-state index in [4.69, 9.17) is 14.2 Å². The molecule has 7 heteroatoms. The van der Waals surface area contributed by atoms with E-state index in [1.165, 1.54) is 6.07 Å². The van der Waals surface area contributed by atoms with Crippen molar-refractivity contribution in [2.75, 3.05) is 19.8 Å². The largest absolute Gasteiger partial charge is 0.478 e. The molecule has 1 heterocycles. The predicted molar refractivity (Wildman–Crippen MR) is 101 cm³/mol. The van der Waals surface area contributed by atoms with Crippen LogP contribution in [0.4, 0.5) is 0 Å². The number of aryl methyl sites for hydroxylation is 1. The Hall–Kier alpha value is -2.67. The molecular formula is C21H26O7. The number of carboxylic acids is 1. The molecule has 1 N–H and O–H groups in total. The average Bonchev–Trinajstić information content (AvgIpc) is 3.50. The first-order valence-electron chi connectivity index (χ1n) is 9.37. The van der Waals surface area contributed by atoms with Crippen LogP contribution < -0.4 is 0 Å². The van der Waals surface area contributed by atoms with Gasteiger partial charge in [-0.2, -0.15) is 0 Å². The zero-order valence-corrected chi connectivity index (χ0v) is 16.1. The van der Waals surface area contributed by atoms with E-state index in [-0.39, 0.29) is 23.8 Å². The summed E-state index contributed by atoms with van der Waals surface area (Å²) in [6, 6.07) is 3.26. The molecular weight excluding hydrogens is 364 g/mol. The number of hydrogen-bond acceptors (Lipinski definition) is 6. The van der Waals surface area contributed by atoms with Gasteiger partial charge in [-0.15, -0.1) is 0 Å². The van der Waals surface area contributed by atoms with Gasteiger partial charge in [-0.25, -0.2) is 14.4 Å². The van der Waals surface area contributed by atoms with Gasteiger partial charge < -0.3 is 19.3 Å². The SMILES string of the molecule is C=CC(=O)OCCCCCCc1c(C)ccc(C(=O)OCC2CO2)c1C(=O)O. The Morgan fingerprint density at radius 3 is 2.57 bits per heavy atom. The lowest BCUT2D eigenvalue weighted by Crippen LogP contribution is -2.17. The van der Waals surface area contributed by atoms with Crippen LogP contribution in [0.5, 0.6) is 0 Å². The molecule has 1 aromatic rings. The summed E-state index contributed by atoms with van der Waals surface area (Å²) in [6.07, 6.45) is 4.82. The van der Waals surface area contributed by atoms with Crippen molar-refractivity contribution in [3.63, 3.8) is 0 Å². The maximum atomic E-state index is 12.3. The molecule has 0 aromatic heterocycles. The second kappa shape index (κ2) is 10.6. The maximum absolute atomic E-state index is 12.3. The van der Waals surface area contributed by atoms with Crippen molar-refractivity contribution in [2.24, 2.45) is 0 Å². The van der Waals surface area contributed by atoms with E-state index in [0.29, 0.717) is 25.2 Å². The van der Waals surface area contributed by atoms with Gasteiger partial charge in [-0.1, -0.05) is 25.5 Å². The van der Waals surface area contributed by atoms with Gasteiger partial charge in [0.1, 0.15) is 12.7 Å². The number of unbranched alkanes of at least 4 members (excludes halogenated alkanes) is 3. The van der Waals surface area contributed by atoms with E-state index in [0.717, 1.165) is 37.3 Å². The molecule has 7 nitrogen and oxygen atoms in total. The maximum Gasteiger partial charge on any atom is 0.339 e. The number of esters is 2. The number of ether oxygens (including phenoxy) is 3. The van der Waals surface area contributed by atoms with Gasteiger partial charge in [-0.3, -0.25) is 0 Å². The molecule has 1 saturated heterocycles. The molecule has 0 bridgehead atoms. The highest BCUT2D eigenvalue weighted by atomic mass is 16.6. The molecule has 1 atom stereocenters. The fourth-order valence-corrected chi connectivity index (χ4v) is 2.89. The molecule has 1 unspecified atom stereocenters. The minimum Gasteiger partial charge on any atom is -0.478 e. The third-order valence-corrected chi connectivity index (χ3v) is 4.52. The highest BCUT2D eigenvalue weighted by Crippen LogP contribution is 2.23. The summed E-state index contributed by atoms with van der Waals surface area (Å²) in [5, 5.41) is 9.67. The predicted octanol–water partition coefficient (Wildman–Crippen LogP) is 3.08. The molecule has 1 fully saturated rings. The molecule has 0 saturated carbocycles. The average molecular weight is 390 g/mol. The van der Waals surface area contributed by atoms with Crippen LogP contribution in [-0.4, -0.2) is 48.9 Å². The van der Waals surface area contributed by atoms with Crippen LogP contribution in [0, 0.1) is 6.92 Å². The summed E-state index contributed by atoms with van der Waals surface area (Å²) >= 11 is 0. The Bertz CT molecular complexity index is 735. The molecule has 0 amide bonds. The Labute approximate surface area is 164 Å². The number of carbonyl (C=O) groups is 3. The molecule has 0 aliphatic carbocycles. The van der Waals surface area contributed by atoms with Gasteiger partial charge in [0.2, 0.25) is 0 Å². The van der Waals surface area contributed by atoms with Crippen LogP contribution in [0.2, 0.25) is 0 Å². The third-order valence-electron chi connectivity index (χ3n) is 4.52. The normalized spacial score (nSPS) is 15.0. The lowest BCUT2D eigenvalue weighted by molar-refractivity contribution is -0.137. The van der Waals surface area contributed by atoms with Gasteiger partial charge >= 0.3 is 17.9 Å². The highest BCUT2D eigenvalue weighted by molar-refractivity contribution is 6.03. The molecule has 1 aliphatic rings. The molecule has 0 radical (unpaired) electrons. The van der Waals surface area contributed by atoms with Gasteiger partial charge in [0, 0.05) is 6.08 Å². The van der Waals surface area contributed by atoms with Crippen molar-refractivity contribution < 1.29 is 33.7 Å². The lowest BCUT2D eigenvalue weighted by atomic mass is 9.92. The number of rotatable bonds is 12. The van der Waals surface area contributed by atoms with Gasteiger partial charge in [0.15, 0.2) is 0 Å². The highest BCUT2D eigenvalue weighted by Gasteiger charge is 2.27. The quantitative estimate of drug-likeness (QED) is 0.253. The Kier molecular flexibility index (Phi) is 8.19. The first-order valence-corrected chi connectivity index (χ1v) is 9.37. The fraction of sp³-hybridized carbons (Fsp3) is 0.476. The second-order valence-electron chi connectivity index (χ2n) is 6.68. The summed E-state index contributed by atoms with van der Waals surface area (Å²) in [5.41, 5.74) is 1.58. The summed E-state index contributed by atoms with van der Waals surface area (Å²) < 4.78 is 15.1. The van der Waals surface area contributed by atoms with Crippen LogP contribution >= 0.6 is 0 Å². The zero-order valence-electron chi connectivity index (χ0n) is 16.1. The van der Waals surface area contributed by atoms with E-state index in [1.807, 2.05) is 6.92 Å². The summed E-state index contributed by atoms with van der Waals surface area (Å²) in [6.45, 7) is 6.21. The topological polar surface area (TPSA) is 102 Å². The van der Waals surface area contributed by atoms with Crippen LogP contribution in [0.15, 0.2) is 24.8 Å². The van der Waals surface area contributed by atoms with Crippen molar-refractivity contribution >= 4 is 17.9 Å². The molecule has 28 heavy (non-hydrogen) atoms. The first kappa shape index (κ1) is 21.6. The van der Waals surface area contributed by atoms with Crippen LogP contribution in [0.25, 0.3) is 0 Å². The van der Waals surface area contributed by atoms with Crippen LogP contribution in [0.1, 0.15) is 57.5 Å². The number of carboxylic acid groups (broad SMARTS) is 1. The van der Waals surface area contributed by atoms with Crippen molar-refractivity contribution in [3.8, 4) is 0 Å². The van der Waals surface area contributed by atoms with E-state index in [2.05, 4.69) is 6.58 Å². The molecule has 1 aliphatic heterocycles. The Morgan fingerprint density at radius 2 is 1.93 bits per heavy atom. The number of hydrogen-bond donors (Lipinski definition) is 1. The summed E-state index contributed by atoms with van der Waals surface area (Å²) in [5.74, 6) is -2.21. The van der Waals surface area contributed by atoms with Crippen molar-refractivity contribution in [3.05, 3.63) is 47.0 Å². The standard InChI is InChI=1S/C21H26O7/c1-3-18(22)26-11-7-5-4-6-8-16-14(2)9-10-17(19(16)20(23)24)21(25)28-13-15-12-27-15/h3,9-10,15H,1,4-8,11-13H2,2H3,(H,23,24). The van der Waals surface area contributed by atoms with E-state index in [9.17, 15) is 19.5 Å². The summed E-state index contributed by atoms with van der Waals surface area (Å²) in [4.78, 5) is 35.1. The lowest BCUT2D eigenvalue weighted by Gasteiger charge is -2.14. The smallest absolute Gasteiger partial charge is 0.339 e. The number of aromatic carboxylic acids is 1. The molecule has 1 aromatic carbocycles. The Balaban J connectivity index is 1.93. The van der Waals surface area contributed by atoms with Gasteiger partial charge in [-0.05, 0) is 43.4 Å². The fourth-order valence-electron chi connectivity index (χ4n) is 2.89. The zero-order chi connectivity index (χ0) is 20.5.